The molecule has 0 aliphatic heterocycles. The second kappa shape index (κ2) is 5.32. The van der Waals surface area contributed by atoms with E-state index in [4.69, 9.17) is 5.73 Å². The Kier molecular flexibility index (Phi) is 3.76. The molecule has 4 nitrogen and oxygen atoms in total. The van der Waals surface area contributed by atoms with Crippen molar-refractivity contribution in [3.63, 3.8) is 0 Å². The molecule has 0 aliphatic rings. The molecule has 1 aromatic heterocycles. The summed E-state index contributed by atoms with van der Waals surface area (Å²) in [6.45, 7) is 4.00. The summed E-state index contributed by atoms with van der Waals surface area (Å²) >= 11 is 0. The van der Waals surface area contributed by atoms with Gasteiger partial charge >= 0.3 is 0 Å². The van der Waals surface area contributed by atoms with Gasteiger partial charge in [0, 0.05) is 23.9 Å². The SMILES string of the molecule is Cc1cc(=O)n(Cc2cc(CN)ccc2F)c(C)n1. The molecule has 0 amide bonds. The van der Waals surface area contributed by atoms with Gasteiger partial charge < -0.3 is 5.73 Å². The summed E-state index contributed by atoms with van der Waals surface area (Å²) in [5.41, 5.74) is 7.30. The van der Waals surface area contributed by atoms with Gasteiger partial charge in [0.2, 0.25) is 0 Å². The minimum Gasteiger partial charge on any atom is -0.326 e. The standard InChI is InChI=1S/C14H16FN3O/c1-9-5-14(19)18(10(2)17-9)8-12-6-11(7-16)3-4-13(12)15/h3-6H,7-8,16H2,1-2H3. The monoisotopic (exact) mass is 261 g/mol. The molecule has 0 spiro atoms. The zero-order valence-electron chi connectivity index (χ0n) is 11.0. The number of rotatable bonds is 3. The van der Waals surface area contributed by atoms with Crippen molar-refractivity contribution < 1.29 is 4.39 Å². The van der Waals surface area contributed by atoms with Gasteiger partial charge in [-0.25, -0.2) is 9.37 Å². The maximum Gasteiger partial charge on any atom is 0.254 e. The summed E-state index contributed by atoms with van der Waals surface area (Å²) in [5.74, 6) is 0.228. The van der Waals surface area contributed by atoms with E-state index in [1.165, 1.54) is 16.7 Å². The number of halogens is 1. The number of hydrogen-bond donors (Lipinski definition) is 1. The highest BCUT2D eigenvalue weighted by Gasteiger charge is 2.08. The molecule has 2 N–H and O–H groups in total. The van der Waals surface area contributed by atoms with E-state index in [2.05, 4.69) is 4.98 Å². The quantitative estimate of drug-likeness (QED) is 0.911. The molecule has 1 aromatic carbocycles. The fourth-order valence-corrected chi connectivity index (χ4v) is 2.00. The molecule has 0 unspecified atom stereocenters. The lowest BCUT2D eigenvalue weighted by atomic mass is 10.1. The highest BCUT2D eigenvalue weighted by molar-refractivity contribution is 5.25. The Hall–Kier alpha value is -2.01. The van der Waals surface area contributed by atoms with Crippen molar-refractivity contribution in [2.45, 2.75) is 26.9 Å². The molecule has 0 radical (unpaired) electrons. The Bertz CT molecular complexity index is 664. The van der Waals surface area contributed by atoms with Crippen molar-refractivity contribution in [1.82, 2.24) is 9.55 Å². The largest absolute Gasteiger partial charge is 0.326 e. The van der Waals surface area contributed by atoms with Crippen LogP contribution in [0.1, 0.15) is 22.6 Å². The second-order valence-corrected chi connectivity index (χ2v) is 4.50. The second-order valence-electron chi connectivity index (χ2n) is 4.50. The van der Waals surface area contributed by atoms with Crippen LogP contribution in [0.2, 0.25) is 0 Å². The lowest BCUT2D eigenvalue weighted by molar-refractivity contribution is 0.588. The molecular weight excluding hydrogens is 245 g/mol. The van der Waals surface area contributed by atoms with Crippen molar-refractivity contribution in [1.29, 1.82) is 0 Å². The van der Waals surface area contributed by atoms with E-state index in [-0.39, 0.29) is 17.9 Å². The first kappa shape index (κ1) is 13.4. The zero-order chi connectivity index (χ0) is 14.0. The Morgan fingerprint density at radius 1 is 1.32 bits per heavy atom. The number of nitrogens with zero attached hydrogens (tertiary/aromatic N) is 2. The lowest BCUT2D eigenvalue weighted by Crippen LogP contribution is -2.24. The van der Waals surface area contributed by atoms with Crippen molar-refractivity contribution in [3.05, 3.63) is 63.1 Å². The van der Waals surface area contributed by atoms with Crippen LogP contribution in [0.5, 0.6) is 0 Å². The van der Waals surface area contributed by atoms with E-state index in [1.54, 1.807) is 26.0 Å². The van der Waals surface area contributed by atoms with Crippen LogP contribution in [0.25, 0.3) is 0 Å². The lowest BCUT2D eigenvalue weighted by Gasteiger charge is -2.11. The van der Waals surface area contributed by atoms with E-state index in [0.29, 0.717) is 23.6 Å². The van der Waals surface area contributed by atoms with Crippen LogP contribution in [-0.4, -0.2) is 9.55 Å². The van der Waals surface area contributed by atoms with E-state index >= 15 is 0 Å². The van der Waals surface area contributed by atoms with Crippen LogP contribution in [-0.2, 0) is 13.1 Å². The summed E-state index contributed by atoms with van der Waals surface area (Å²) in [6.07, 6.45) is 0. The van der Waals surface area contributed by atoms with Crippen LogP contribution >= 0.6 is 0 Å². The zero-order valence-corrected chi connectivity index (χ0v) is 11.0. The molecule has 0 saturated carbocycles. The highest BCUT2D eigenvalue weighted by atomic mass is 19.1. The summed E-state index contributed by atoms with van der Waals surface area (Å²) in [5, 5.41) is 0. The highest BCUT2D eigenvalue weighted by Crippen LogP contribution is 2.12. The molecule has 1 heterocycles. The third-order valence-electron chi connectivity index (χ3n) is 3.00. The van der Waals surface area contributed by atoms with E-state index in [1.807, 2.05) is 0 Å². The topological polar surface area (TPSA) is 60.9 Å². The number of aromatic nitrogens is 2. The Balaban J connectivity index is 2.44. The predicted molar refractivity (Wildman–Crippen MR) is 71.4 cm³/mol. The molecule has 0 atom stereocenters. The summed E-state index contributed by atoms with van der Waals surface area (Å²) in [6, 6.07) is 6.14. The molecule has 5 heteroatoms. The number of benzene rings is 1. The van der Waals surface area contributed by atoms with Crippen LogP contribution in [0.15, 0.2) is 29.1 Å². The smallest absolute Gasteiger partial charge is 0.254 e. The molecular formula is C14H16FN3O. The van der Waals surface area contributed by atoms with Gasteiger partial charge in [-0.3, -0.25) is 9.36 Å². The van der Waals surface area contributed by atoms with Crippen molar-refractivity contribution >= 4 is 0 Å². The summed E-state index contributed by atoms with van der Waals surface area (Å²) < 4.78 is 15.2. The summed E-state index contributed by atoms with van der Waals surface area (Å²) in [4.78, 5) is 16.1. The molecule has 100 valence electrons. The molecule has 2 aromatic rings. The minimum atomic E-state index is -0.343. The molecule has 2 rings (SSSR count). The molecule has 0 bridgehead atoms. The van der Waals surface area contributed by atoms with Crippen LogP contribution in [0.3, 0.4) is 0 Å². The van der Waals surface area contributed by atoms with E-state index in [0.717, 1.165) is 5.56 Å². The molecule has 0 aliphatic carbocycles. The Morgan fingerprint density at radius 2 is 2.05 bits per heavy atom. The number of nitrogens with two attached hydrogens (primary N) is 1. The third-order valence-corrected chi connectivity index (χ3v) is 3.00. The average Bonchev–Trinajstić information content (AvgIpc) is 2.35. The predicted octanol–water partition coefficient (Wildman–Crippen LogP) is 1.51. The van der Waals surface area contributed by atoms with Crippen molar-refractivity contribution in [3.8, 4) is 0 Å². The number of hydrogen-bond acceptors (Lipinski definition) is 3. The Morgan fingerprint density at radius 3 is 2.68 bits per heavy atom. The fraction of sp³-hybridized carbons (Fsp3) is 0.286. The van der Waals surface area contributed by atoms with Crippen LogP contribution in [0.4, 0.5) is 4.39 Å². The van der Waals surface area contributed by atoms with Gasteiger partial charge in [0.05, 0.1) is 6.54 Å². The van der Waals surface area contributed by atoms with Gasteiger partial charge in [0.15, 0.2) is 0 Å². The van der Waals surface area contributed by atoms with E-state index < -0.39 is 0 Å². The number of aryl methyl sites for hydroxylation is 2. The van der Waals surface area contributed by atoms with Crippen molar-refractivity contribution in [2.75, 3.05) is 0 Å². The maximum absolute atomic E-state index is 13.8. The van der Waals surface area contributed by atoms with Gasteiger partial charge in [-0.2, -0.15) is 0 Å². The van der Waals surface area contributed by atoms with Gasteiger partial charge in [-0.15, -0.1) is 0 Å². The average molecular weight is 261 g/mol. The first-order chi connectivity index (χ1) is 9.01. The van der Waals surface area contributed by atoms with Gasteiger partial charge in [0.25, 0.3) is 5.56 Å². The first-order valence-corrected chi connectivity index (χ1v) is 6.03. The first-order valence-electron chi connectivity index (χ1n) is 6.03. The Labute approximate surface area is 110 Å². The van der Waals surface area contributed by atoms with Crippen molar-refractivity contribution in [2.24, 2.45) is 5.73 Å². The maximum atomic E-state index is 13.8. The molecule has 0 saturated heterocycles. The van der Waals surface area contributed by atoms with Crippen LogP contribution in [0, 0.1) is 19.7 Å². The van der Waals surface area contributed by atoms with Gasteiger partial charge in [0.1, 0.15) is 11.6 Å². The molecule has 0 fully saturated rings. The van der Waals surface area contributed by atoms with Crippen LogP contribution < -0.4 is 11.3 Å². The fourth-order valence-electron chi connectivity index (χ4n) is 2.00. The van der Waals surface area contributed by atoms with Gasteiger partial charge in [-0.1, -0.05) is 6.07 Å². The van der Waals surface area contributed by atoms with E-state index in [9.17, 15) is 9.18 Å². The third kappa shape index (κ3) is 2.88. The minimum absolute atomic E-state index is 0.164. The summed E-state index contributed by atoms with van der Waals surface area (Å²) in [7, 11) is 0. The molecule has 19 heavy (non-hydrogen) atoms. The normalized spacial score (nSPS) is 10.7. The van der Waals surface area contributed by atoms with Gasteiger partial charge in [-0.05, 0) is 31.5 Å².